The van der Waals surface area contributed by atoms with Crippen molar-refractivity contribution >= 4 is 23.1 Å². The Balaban J connectivity index is 1.78. The van der Waals surface area contributed by atoms with Crippen molar-refractivity contribution in [1.29, 1.82) is 0 Å². The molecule has 0 bridgehead atoms. The SMILES string of the molecule is COc1ccc(Nc2cc(C(=O)Nc3cccc(C)c3)ncn2)c(OC)c1. The van der Waals surface area contributed by atoms with Gasteiger partial charge in [0, 0.05) is 17.8 Å². The molecule has 3 rings (SSSR count). The molecule has 2 aromatic carbocycles. The zero-order valence-corrected chi connectivity index (χ0v) is 15.3. The minimum absolute atomic E-state index is 0.251. The van der Waals surface area contributed by atoms with Crippen LogP contribution in [-0.4, -0.2) is 30.1 Å². The number of carbonyl (C=O) groups is 1. The van der Waals surface area contributed by atoms with E-state index in [9.17, 15) is 4.79 Å². The molecule has 1 aromatic heterocycles. The summed E-state index contributed by atoms with van der Waals surface area (Å²) in [6.07, 6.45) is 1.34. The molecule has 0 atom stereocenters. The summed E-state index contributed by atoms with van der Waals surface area (Å²) in [7, 11) is 3.16. The molecule has 7 heteroatoms. The topological polar surface area (TPSA) is 85.4 Å². The van der Waals surface area contributed by atoms with Crippen LogP contribution in [0.1, 0.15) is 16.1 Å². The lowest BCUT2D eigenvalue weighted by Crippen LogP contribution is -2.14. The third-order valence-corrected chi connectivity index (χ3v) is 3.85. The highest BCUT2D eigenvalue weighted by molar-refractivity contribution is 6.03. The quantitative estimate of drug-likeness (QED) is 0.692. The van der Waals surface area contributed by atoms with Crippen LogP contribution in [0.4, 0.5) is 17.2 Å². The highest BCUT2D eigenvalue weighted by Crippen LogP contribution is 2.31. The lowest BCUT2D eigenvalue weighted by molar-refractivity contribution is 0.102. The predicted molar refractivity (Wildman–Crippen MR) is 104 cm³/mol. The van der Waals surface area contributed by atoms with Crippen LogP contribution in [-0.2, 0) is 0 Å². The van der Waals surface area contributed by atoms with Crippen LogP contribution in [0.5, 0.6) is 11.5 Å². The second kappa shape index (κ2) is 8.18. The second-order valence-electron chi connectivity index (χ2n) is 5.80. The highest BCUT2D eigenvalue weighted by atomic mass is 16.5. The largest absolute Gasteiger partial charge is 0.497 e. The number of ether oxygens (including phenoxy) is 2. The number of anilines is 3. The number of hydrogen-bond acceptors (Lipinski definition) is 6. The van der Waals surface area contributed by atoms with E-state index < -0.39 is 0 Å². The molecule has 0 aliphatic carbocycles. The van der Waals surface area contributed by atoms with Gasteiger partial charge in [-0.1, -0.05) is 12.1 Å². The van der Waals surface area contributed by atoms with Crippen LogP contribution in [0.3, 0.4) is 0 Å². The van der Waals surface area contributed by atoms with E-state index in [1.54, 1.807) is 32.4 Å². The molecule has 0 radical (unpaired) electrons. The molecule has 0 aliphatic rings. The van der Waals surface area contributed by atoms with Crippen molar-refractivity contribution < 1.29 is 14.3 Å². The molecule has 1 amide bonds. The van der Waals surface area contributed by atoms with Crippen LogP contribution in [0.25, 0.3) is 0 Å². The first-order valence-corrected chi connectivity index (χ1v) is 8.28. The maximum Gasteiger partial charge on any atom is 0.274 e. The van der Waals surface area contributed by atoms with E-state index in [1.165, 1.54) is 6.33 Å². The number of hydrogen-bond donors (Lipinski definition) is 2. The number of amides is 1. The first kappa shape index (κ1) is 18.2. The average Bonchev–Trinajstić information content (AvgIpc) is 2.68. The van der Waals surface area contributed by atoms with Gasteiger partial charge < -0.3 is 20.1 Å². The molecule has 0 spiro atoms. The number of carbonyl (C=O) groups excluding carboxylic acids is 1. The van der Waals surface area contributed by atoms with Gasteiger partial charge in [-0.25, -0.2) is 9.97 Å². The summed E-state index contributed by atoms with van der Waals surface area (Å²) >= 11 is 0. The fourth-order valence-corrected chi connectivity index (χ4v) is 2.51. The Labute approximate surface area is 157 Å². The van der Waals surface area contributed by atoms with Crippen molar-refractivity contribution in [3.05, 3.63) is 66.1 Å². The Morgan fingerprint density at radius 2 is 1.85 bits per heavy atom. The van der Waals surface area contributed by atoms with Gasteiger partial charge in [0.05, 0.1) is 19.9 Å². The van der Waals surface area contributed by atoms with Gasteiger partial charge in [0.2, 0.25) is 0 Å². The Morgan fingerprint density at radius 1 is 1.00 bits per heavy atom. The van der Waals surface area contributed by atoms with E-state index in [0.717, 1.165) is 5.56 Å². The molecule has 0 saturated heterocycles. The van der Waals surface area contributed by atoms with Crippen LogP contribution >= 0.6 is 0 Å². The molecule has 0 unspecified atom stereocenters. The molecular weight excluding hydrogens is 344 g/mol. The van der Waals surface area contributed by atoms with Crippen molar-refractivity contribution in [2.24, 2.45) is 0 Å². The Morgan fingerprint density at radius 3 is 2.59 bits per heavy atom. The van der Waals surface area contributed by atoms with Crippen LogP contribution in [0.15, 0.2) is 54.9 Å². The van der Waals surface area contributed by atoms with E-state index >= 15 is 0 Å². The van der Waals surface area contributed by atoms with Gasteiger partial charge in [-0.2, -0.15) is 0 Å². The monoisotopic (exact) mass is 364 g/mol. The highest BCUT2D eigenvalue weighted by Gasteiger charge is 2.11. The molecule has 7 nitrogen and oxygen atoms in total. The minimum Gasteiger partial charge on any atom is -0.497 e. The predicted octanol–water partition coefficient (Wildman–Crippen LogP) is 3.80. The standard InChI is InChI=1S/C20H20N4O3/c1-13-5-4-6-14(9-13)23-20(25)17-11-19(22-12-21-17)24-16-8-7-15(26-2)10-18(16)27-3/h4-12H,1-3H3,(H,23,25)(H,21,22,24). The Hall–Kier alpha value is -3.61. The maximum absolute atomic E-state index is 12.5. The molecule has 0 fully saturated rings. The number of nitrogens with one attached hydrogen (secondary N) is 2. The summed E-state index contributed by atoms with van der Waals surface area (Å²) < 4.78 is 10.6. The smallest absolute Gasteiger partial charge is 0.274 e. The zero-order chi connectivity index (χ0) is 19.2. The van der Waals surface area contributed by atoms with Crippen molar-refractivity contribution in [3.63, 3.8) is 0 Å². The van der Waals surface area contributed by atoms with Gasteiger partial charge in [-0.05, 0) is 36.8 Å². The van der Waals surface area contributed by atoms with Crippen molar-refractivity contribution in [2.75, 3.05) is 24.9 Å². The molecule has 1 heterocycles. The van der Waals surface area contributed by atoms with Crippen LogP contribution < -0.4 is 20.1 Å². The summed E-state index contributed by atoms with van der Waals surface area (Å²) in [6, 6.07) is 14.5. The van der Waals surface area contributed by atoms with Crippen molar-refractivity contribution in [2.45, 2.75) is 6.92 Å². The van der Waals surface area contributed by atoms with Gasteiger partial charge in [-0.3, -0.25) is 4.79 Å². The van der Waals surface area contributed by atoms with E-state index in [-0.39, 0.29) is 11.6 Å². The van der Waals surface area contributed by atoms with E-state index in [1.807, 2.05) is 37.3 Å². The lowest BCUT2D eigenvalue weighted by atomic mass is 10.2. The first-order chi connectivity index (χ1) is 13.1. The van der Waals surface area contributed by atoms with Gasteiger partial charge >= 0.3 is 0 Å². The average molecular weight is 364 g/mol. The number of nitrogens with zero attached hydrogens (tertiary/aromatic N) is 2. The molecular formula is C20H20N4O3. The van der Waals surface area contributed by atoms with Gasteiger partial charge in [0.15, 0.2) is 0 Å². The Bertz CT molecular complexity index is 959. The normalized spacial score (nSPS) is 10.2. The number of methoxy groups -OCH3 is 2. The second-order valence-corrected chi connectivity index (χ2v) is 5.80. The van der Waals surface area contributed by atoms with Gasteiger partial charge in [-0.15, -0.1) is 0 Å². The molecule has 0 saturated carbocycles. The molecule has 3 aromatic rings. The summed E-state index contributed by atoms with van der Waals surface area (Å²) in [5.41, 5.74) is 2.72. The molecule has 138 valence electrons. The summed E-state index contributed by atoms with van der Waals surface area (Å²) in [5.74, 6) is 1.44. The fourth-order valence-electron chi connectivity index (χ4n) is 2.51. The number of rotatable bonds is 6. The van der Waals surface area contributed by atoms with E-state index in [2.05, 4.69) is 20.6 Å². The fraction of sp³-hybridized carbons (Fsp3) is 0.150. The zero-order valence-electron chi connectivity index (χ0n) is 15.3. The van der Waals surface area contributed by atoms with Gasteiger partial charge in [0.1, 0.15) is 29.3 Å². The van der Waals surface area contributed by atoms with Crippen LogP contribution in [0.2, 0.25) is 0 Å². The molecule has 2 N–H and O–H groups in total. The third-order valence-electron chi connectivity index (χ3n) is 3.85. The van der Waals surface area contributed by atoms with Crippen molar-refractivity contribution in [1.82, 2.24) is 9.97 Å². The van der Waals surface area contributed by atoms with Gasteiger partial charge in [0.25, 0.3) is 5.91 Å². The number of aryl methyl sites for hydroxylation is 1. The molecule has 0 aliphatic heterocycles. The lowest BCUT2D eigenvalue weighted by Gasteiger charge is -2.12. The minimum atomic E-state index is -0.312. The van der Waals surface area contributed by atoms with Crippen LogP contribution in [0, 0.1) is 6.92 Å². The maximum atomic E-state index is 12.5. The number of aromatic nitrogens is 2. The van der Waals surface area contributed by atoms with E-state index in [4.69, 9.17) is 9.47 Å². The first-order valence-electron chi connectivity index (χ1n) is 8.28. The molecule has 27 heavy (non-hydrogen) atoms. The summed E-state index contributed by atoms with van der Waals surface area (Å²) in [5, 5.41) is 5.96. The number of benzene rings is 2. The summed E-state index contributed by atoms with van der Waals surface area (Å²) in [4.78, 5) is 20.7. The Kier molecular flexibility index (Phi) is 5.51. The summed E-state index contributed by atoms with van der Waals surface area (Å²) in [6.45, 7) is 1.96. The third kappa shape index (κ3) is 4.52. The van der Waals surface area contributed by atoms with Crippen molar-refractivity contribution in [3.8, 4) is 11.5 Å². The van der Waals surface area contributed by atoms with E-state index in [0.29, 0.717) is 28.7 Å².